The third kappa shape index (κ3) is 3.78. The Bertz CT molecular complexity index is 690. The van der Waals surface area contributed by atoms with Crippen molar-refractivity contribution < 1.29 is 9.18 Å². The second-order valence-corrected chi connectivity index (χ2v) is 5.21. The molecule has 0 aliphatic rings. The zero-order valence-electron chi connectivity index (χ0n) is 12.0. The molecule has 0 bridgehead atoms. The van der Waals surface area contributed by atoms with Crippen LogP contribution in [0, 0.1) is 11.7 Å². The van der Waals surface area contributed by atoms with Crippen molar-refractivity contribution in [3.63, 3.8) is 0 Å². The van der Waals surface area contributed by atoms with Crippen molar-refractivity contribution in [1.82, 2.24) is 9.88 Å². The number of carbonyl (C=O) groups excluding carboxylic acids is 1. The van der Waals surface area contributed by atoms with Crippen LogP contribution in [0.3, 0.4) is 0 Å². The lowest BCUT2D eigenvalue weighted by Crippen LogP contribution is -2.29. The average Bonchev–Trinajstić information content (AvgIpc) is 2.46. The number of nitrogens with one attached hydrogen (secondary N) is 1. The molecule has 0 fully saturated rings. The summed E-state index contributed by atoms with van der Waals surface area (Å²) in [5, 5.41) is 2.79. The van der Waals surface area contributed by atoms with Crippen LogP contribution in [0.4, 0.5) is 4.39 Å². The molecule has 1 amide bonds. The van der Waals surface area contributed by atoms with Gasteiger partial charge in [-0.3, -0.25) is 14.2 Å². The number of amides is 1. The van der Waals surface area contributed by atoms with Crippen LogP contribution in [0.25, 0.3) is 5.69 Å². The second-order valence-electron chi connectivity index (χ2n) is 5.21. The highest BCUT2D eigenvalue weighted by molar-refractivity contribution is 5.93. The maximum absolute atomic E-state index is 12.9. The number of benzene rings is 1. The fraction of sp³-hybridized carbons (Fsp3) is 0.250. The first-order chi connectivity index (χ1) is 9.97. The van der Waals surface area contributed by atoms with E-state index in [1.54, 1.807) is 0 Å². The van der Waals surface area contributed by atoms with Crippen LogP contribution in [-0.4, -0.2) is 17.0 Å². The molecular formula is C16H17FN2O2. The molecule has 0 unspecified atom stereocenters. The summed E-state index contributed by atoms with van der Waals surface area (Å²) >= 11 is 0. The Labute approximate surface area is 122 Å². The standard InChI is InChI=1S/C16H17FN2O2/c1-11(2)9-18-16(21)12-3-8-15(20)19(10-12)14-6-4-13(17)5-7-14/h3-8,10-11H,9H2,1-2H3,(H,18,21). The second kappa shape index (κ2) is 6.35. The van der Waals surface area contributed by atoms with Gasteiger partial charge in [0.25, 0.3) is 11.5 Å². The number of aromatic nitrogens is 1. The van der Waals surface area contributed by atoms with Gasteiger partial charge in [0.05, 0.1) is 5.56 Å². The molecule has 0 atom stereocenters. The van der Waals surface area contributed by atoms with Crippen LogP contribution in [0.5, 0.6) is 0 Å². The third-order valence-corrected chi connectivity index (χ3v) is 2.95. The van der Waals surface area contributed by atoms with Crippen LogP contribution in [0.15, 0.2) is 47.4 Å². The third-order valence-electron chi connectivity index (χ3n) is 2.95. The first kappa shape index (κ1) is 15.0. The van der Waals surface area contributed by atoms with Crippen molar-refractivity contribution in [3.05, 3.63) is 64.3 Å². The molecule has 0 saturated carbocycles. The van der Waals surface area contributed by atoms with Gasteiger partial charge in [0.1, 0.15) is 5.82 Å². The van der Waals surface area contributed by atoms with Gasteiger partial charge >= 0.3 is 0 Å². The van der Waals surface area contributed by atoms with Gasteiger partial charge in [-0.15, -0.1) is 0 Å². The Hall–Kier alpha value is -2.43. The first-order valence-corrected chi connectivity index (χ1v) is 6.74. The van der Waals surface area contributed by atoms with Crippen molar-refractivity contribution in [3.8, 4) is 5.69 Å². The Balaban J connectivity index is 2.31. The van der Waals surface area contributed by atoms with Gasteiger partial charge in [-0.2, -0.15) is 0 Å². The van der Waals surface area contributed by atoms with E-state index in [0.29, 0.717) is 23.7 Å². The lowest BCUT2D eigenvalue weighted by molar-refractivity contribution is 0.0948. The van der Waals surface area contributed by atoms with E-state index >= 15 is 0 Å². The molecule has 110 valence electrons. The number of rotatable bonds is 4. The highest BCUT2D eigenvalue weighted by Crippen LogP contribution is 2.08. The zero-order chi connectivity index (χ0) is 15.4. The number of hydrogen-bond acceptors (Lipinski definition) is 2. The molecule has 21 heavy (non-hydrogen) atoms. The van der Waals surface area contributed by atoms with Crippen LogP contribution < -0.4 is 10.9 Å². The van der Waals surface area contributed by atoms with Crippen LogP contribution in [-0.2, 0) is 0 Å². The van der Waals surface area contributed by atoms with E-state index in [1.807, 2.05) is 13.8 Å². The van der Waals surface area contributed by atoms with E-state index in [9.17, 15) is 14.0 Å². The molecule has 0 radical (unpaired) electrons. The summed E-state index contributed by atoms with van der Waals surface area (Å²) in [6, 6.07) is 8.34. The van der Waals surface area contributed by atoms with Crippen LogP contribution in [0.2, 0.25) is 0 Å². The van der Waals surface area contributed by atoms with Crippen molar-refractivity contribution in [2.24, 2.45) is 5.92 Å². The quantitative estimate of drug-likeness (QED) is 0.939. The molecule has 2 aromatic rings. The summed E-state index contributed by atoms with van der Waals surface area (Å²) in [5.41, 5.74) is 0.626. The van der Waals surface area contributed by atoms with E-state index < -0.39 is 0 Å². The molecule has 5 heteroatoms. The van der Waals surface area contributed by atoms with Crippen molar-refractivity contribution in [2.75, 3.05) is 6.54 Å². The number of nitrogens with zero attached hydrogens (tertiary/aromatic N) is 1. The minimum absolute atomic E-state index is 0.237. The van der Waals surface area contributed by atoms with Gasteiger partial charge < -0.3 is 5.32 Å². The molecule has 0 saturated heterocycles. The van der Waals surface area contributed by atoms with Gasteiger partial charge in [0.15, 0.2) is 0 Å². The van der Waals surface area contributed by atoms with E-state index in [0.717, 1.165) is 0 Å². The Morgan fingerprint density at radius 2 is 1.86 bits per heavy atom. The number of pyridine rings is 1. The number of hydrogen-bond donors (Lipinski definition) is 1. The SMILES string of the molecule is CC(C)CNC(=O)c1ccc(=O)n(-c2ccc(F)cc2)c1. The summed E-state index contributed by atoms with van der Waals surface area (Å²) in [6.45, 7) is 4.56. The van der Waals surface area contributed by atoms with Gasteiger partial charge in [-0.1, -0.05) is 13.8 Å². The molecule has 0 spiro atoms. The smallest absolute Gasteiger partial charge is 0.255 e. The van der Waals surface area contributed by atoms with E-state index in [4.69, 9.17) is 0 Å². The summed E-state index contributed by atoms with van der Waals surface area (Å²) in [4.78, 5) is 23.9. The topological polar surface area (TPSA) is 51.1 Å². The van der Waals surface area contributed by atoms with Crippen molar-refractivity contribution in [2.45, 2.75) is 13.8 Å². The van der Waals surface area contributed by atoms with Gasteiger partial charge in [-0.25, -0.2) is 4.39 Å². The molecule has 2 rings (SSSR count). The predicted octanol–water partition coefficient (Wildman–Crippen LogP) is 2.36. The first-order valence-electron chi connectivity index (χ1n) is 6.74. The van der Waals surface area contributed by atoms with Crippen LogP contribution in [0.1, 0.15) is 24.2 Å². The average molecular weight is 288 g/mol. The summed E-state index contributed by atoms with van der Waals surface area (Å²) < 4.78 is 14.3. The zero-order valence-corrected chi connectivity index (χ0v) is 12.0. The van der Waals surface area contributed by atoms with Crippen molar-refractivity contribution >= 4 is 5.91 Å². The molecule has 0 aliphatic carbocycles. The number of halogens is 1. The van der Waals surface area contributed by atoms with Gasteiger partial charge in [0, 0.05) is 24.5 Å². The predicted molar refractivity (Wildman–Crippen MR) is 79.2 cm³/mol. The van der Waals surface area contributed by atoms with E-state index in [1.165, 1.54) is 47.2 Å². The normalized spacial score (nSPS) is 10.7. The molecular weight excluding hydrogens is 271 g/mol. The van der Waals surface area contributed by atoms with Gasteiger partial charge in [0.2, 0.25) is 0 Å². The Morgan fingerprint density at radius 1 is 1.19 bits per heavy atom. The van der Waals surface area contributed by atoms with E-state index in [-0.39, 0.29) is 17.3 Å². The van der Waals surface area contributed by atoms with Gasteiger partial charge in [-0.05, 0) is 36.2 Å². The highest BCUT2D eigenvalue weighted by Gasteiger charge is 2.09. The Morgan fingerprint density at radius 3 is 2.48 bits per heavy atom. The monoisotopic (exact) mass is 288 g/mol. The molecule has 1 aromatic carbocycles. The summed E-state index contributed by atoms with van der Waals surface area (Å²) in [6.07, 6.45) is 1.46. The fourth-order valence-corrected chi connectivity index (χ4v) is 1.82. The molecule has 1 N–H and O–H groups in total. The molecule has 1 heterocycles. The number of carbonyl (C=O) groups is 1. The lowest BCUT2D eigenvalue weighted by atomic mass is 10.2. The molecule has 1 aromatic heterocycles. The minimum Gasteiger partial charge on any atom is -0.352 e. The van der Waals surface area contributed by atoms with E-state index in [2.05, 4.69) is 5.32 Å². The molecule has 0 aliphatic heterocycles. The Kier molecular flexibility index (Phi) is 4.52. The maximum Gasteiger partial charge on any atom is 0.255 e. The van der Waals surface area contributed by atoms with Crippen LogP contribution >= 0.6 is 0 Å². The van der Waals surface area contributed by atoms with Crippen molar-refractivity contribution in [1.29, 1.82) is 0 Å². The summed E-state index contributed by atoms with van der Waals surface area (Å²) in [7, 11) is 0. The minimum atomic E-state index is -0.377. The largest absolute Gasteiger partial charge is 0.352 e. The molecule has 4 nitrogen and oxygen atoms in total. The maximum atomic E-state index is 12.9. The highest BCUT2D eigenvalue weighted by atomic mass is 19.1. The lowest BCUT2D eigenvalue weighted by Gasteiger charge is -2.10. The fourth-order valence-electron chi connectivity index (χ4n) is 1.82. The summed E-state index contributed by atoms with van der Waals surface area (Å²) in [5.74, 6) is -0.269.